The fourth-order valence-corrected chi connectivity index (χ4v) is 4.66. The van der Waals surface area contributed by atoms with Gasteiger partial charge in [-0.2, -0.15) is 0 Å². The van der Waals surface area contributed by atoms with Crippen LogP contribution in [0, 0.1) is 5.82 Å². The van der Waals surface area contributed by atoms with Crippen LogP contribution in [0.15, 0.2) is 42.6 Å². The lowest BCUT2D eigenvalue weighted by molar-refractivity contribution is 0.0191. The Morgan fingerprint density at radius 1 is 0.864 bits per heavy atom. The summed E-state index contributed by atoms with van der Waals surface area (Å²) < 4.78 is 24.2. The molecule has 1 aromatic carbocycles. The van der Waals surface area contributed by atoms with Crippen LogP contribution in [0.5, 0.6) is 0 Å². The van der Waals surface area contributed by atoms with E-state index >= 15 is 0 Å². The molecule has 10 nitrogen and oxygen atoms in total. The lowest BCUT2D eigenvalue weighted by atomic mass is 10.0. The van der Waals surface area contributed by atoms with Gasteiger partial charge in [0.05, 0.1) is 11.3 Å². The van der Waals surface area contributed by atoms with E-state index in [0.717, 1.165) is 25.9 Å². The van der Waals surface area contributed by atoms with Gasteiger partial charge in [-0.3, -0.25) is 9.78 Å². The van der Waals surface area contributed by atoms with Crippen molar-refractivity contribution < 1.29 is 28.2 Å². The number of pyridine rings is 1. The first-order chi connectivity index (χ1) is 20.1. The van der Waals surface area contributed by atoms with E-state index < -0.39 is 11.2 Å². The summed E-state index contributed by atoms with van der Waals surface area (Å²) >= 11 is 0. The highest BCUT2D eigenvalue weighted by Gasteiger charge is 2.28. The number of carbonyl (C=O) groups is 3. The van der Waals surface area contributed by atoms with Gasteiger partial charge in [-0.1, -0.05) is 12.1 Å². The third-order valence-electron chi connectivity index (χ3n) is 6.82. The number of nitrogens with one attached hydrogen (secondary N) is 1. The molecule has 2 fully saturated rings. The summed E-state index contributed by atoms with van der Waals surface area (Å²) in [5, 5.41) is 3.02. The Kier molecular flexibility index (Phi) is 13.4. The van der Waals surface area contributed by atoms with Crippen LogP contribution in [0.3, 0.4) is 0 Å². The maximum Gasteiger partial charge on any atom is 0.410 e. The van der Waals surface area contributed by atoms with Crippen LogP contribution in [0.1, 0.15) is 77.6 Å². The molecule has 1 aromatic heterocycles. The number of aromatic nitrogens is 1. The highest BCUT2D eigenvalue weighted by Crippen LogP contribution is 2.23. The summed E-state index contributed by atoms with van der Waals surface area (Å²) in [5.74, 6) is -0.637. The van der Waals surface area contributed by atoms with Gasteiger partial charge in [0.2, 0.25) is 0 Å². The van der Waals surface area contributed by atoms with Crippen molar-refractivity contribution in [1.82, 2.24) is 20.1 Å². The van der Waals surface area contributed by atoms with Crippen LogP contribution >= 0.6 is 12.4 Å². The van der Waals surface area contributed by atoms with E-state index in [1.54, 1.807) is 40.3 Å². The standard InChI is InChI=1S/C22H26FN3O3.C10H20N2O2.ClH/c1-22(2,3)29-21(28)26-12-9-17(10-13-26)25-20(27)18-8-5-11-24-19(18)15-6-4-7-16(23)14-15;1-10(2,3)14-9(13)12-6-4-8(11)5-7-12;/h4-8,11,14,17H,9-10,12-13H2,1-3H3,(H,25,27);8H,4-7,11H2,1-3H3;1H. The van der Waals surface area contributed by atoms with Gasteiger partial charge in [0, 0.05) is 50.0 Å². The number of nitrogens with two attached hydrogens (primary N) is 1. The molecule has 2 aliphatic heterocycles. The molecule has 2 saturated heterocycles. The van der Waals surface area contributed by atoms with Gasteiger partial charge < -0.3 is 30.3 Å². The van der Waals surface area contributed by atoms with E-state index in [-0.39, 0.29) is 48.4 Å². The number of carbonyl (C=O) groups excluding carboxylic acids is 3. The minimum absolute atomic E-state index is 0. The number of hydrogen-bond acceptors (Lipinski definition) is 7. The predicted octanol–water partition coefficient (Wildman–Crippen LogP) is 5.78. The lowest BCUT2D eigenvalue weighted by Crippen LogP contribution is -2.47. The fourth-order valence-electron chi connectivity index (χ4n) is 4.66. The third kappa shape index (κ3) is 11.9. The molecule has 244 valence electrons. The average Bonchev–Trinajstić information content (AvgIpc) is 2.92. The average molecular weight is 636 g/mol. The van der Waals surface area contributed by atoms with Crippen molar-refractivity contribution in [3.8, 4) is 11.3 Å². The molecule has 44 heavy (non-hydrogen) atoms. The normalized spacial score (nSPS) is 16.2. The predicted molar refractivity (Wildman–Crippen MR) is 170 cm³/mol. The minimum Gasteiger partial charge on any atom is -0.444 e. The molecule has 0 spiro atoms. The molecule has 0 bridgehead atoms. The summed E-state index contributed by atoms with van der Waals surface area (Å²) in [6, 6.07) is 9.58. The second-order valence-corrected chi connectivity index (χ2v) is 12.9. The second-order valence-electron chi connectivity index (χ2n) is 12.9. The van der Waals surface area contributed by atoms with Gasteiger partial charge in [0.25, 0.3) is 5.91 Å². The van der Waals surface area contributed by atoms with Gasteiger partial charge in [0.1, 0.15) is 17.0 Å². The molecule has 0 atom stereocenters. The topological polar surface area (TPSA) is 127 Å². The van der Waals surface area contributed by atoms with Crippen LogP contribution in [-0.4, -0.2) is 82.3 Å². The number of hydrogen-bond donors (Lipinski definition) is 2. The lowest BCUT2D eigenvalue weighted by Gasteiger charge is -2.33. The quantitative estimate of drug-likeness (QED) is 0.437. The van der Waals surface area contributed by atoms with Gasteiger partial charge in [0.15, 0.2) is 0 Å². The largest absolute Gasteiger partial charge is 0.444 e. The number of likely N-dealkylation sites (tertiary alicyclic amines) is 2. The molecule has 4 rings (SSSR count). The third-order valence-corrected chi connectivity index (χ3v) is 6.82. The van der Waals surface area contributed by atoms with Crippen molar-refractivity contribution >= 4 is 30.5 Å². The number of ether oxygens (including phenoxy) is 2. The first-order valence-corrected chi connectivity index (χ1v) is 14.8. The summed E-state index contributed by atoms with van der Waals surface area (Å²) in [5.41, 5.74) is 6.20. The molecular weight excluding hydrogens is 589 g/mol. The summed E-state index contributed by atoms with van der Waals surface area (Å²) in [6.45, 7) is 13.6. The Balaban J connectivity index is 0.000000380. The number of nitrogens with zero attached hydrogens (tertiary/aromatic N) is 3. The van der Waals surface area contributed by atoms with Gasteiger partial charge in [-0.25, -0.2) is 14.0 Å². The van der Waals surface area contributed by atoms with Crippen LogP contribution in [-0.2, 0) is 9.47 Å². The Bertz CT molecular complexity index is 1250. The Hall–Kier alpha value is -3.44. The number of halogens is 2. The zero-order chi connectivity index (χ0) is 31.8. The highest BCUT2D eigenvalue weighted by atomic mass is 35.5. The Morgan fingerprint density at radius 3 is 1.89 bits per heavy atom. The van der Waals surface area contributed by atoms with Crippen LogP contribution in [0.25, 0.3) is 11.3 Å². The molecule has 3 amide bonds. The Morgan fingerprint density at radius 2 is 1.39 bits per heavy atom. The molecule has 0 unspecified atom stereocenters. The monoisotopic (exact) mass is 635 g/mol. The maximum atomic E-state index is 13.6. The number of amides is 3. The molecule has 3 heterocycles. The van der Waals surface area contributed by atoms with E-state index in [2.05, 4.69) is 10.3 Å². The van der Waals surface area contributed by atoms with E-state index in [1.807, 2.05) is 41.5 Å². The van der Waals surface area contributed by atoms with Crippen molar-refractivity contribution in [2.75, 3.05) is 26.2 Å². The van der Waals surface area contributed by atoms with Crippen LogP contribution in [0.4, 0.5) is 14.0 Å². The molecular formula is C32H47ClFN5O5. The first kappa shape index (κ1) is 36.8. The molecule has 0 aliphatic carbocycles. The van der Waals surface area contributed by atoms with Crippen molar-refractivity contribution in [3.63, 3.8) is 0 Å². The smallest absolute Gasteiger partial charge is 0.410 e. The van der Waals surface area contributed by atoms with Crippen molar-refractivity contribution in [1.29, 1.82) is 0 Å². The number of rotatable bonds is 3. The molecule has 12 heteroatoms. The number of piperidine rings is 2. The maximum absolute atomic E-state index is 13.6. The molecule has 2 aromatic rings. The first-order valence-electron chi connectivity index (χ1n) is 14.8. The van der Waals surface area contributed by atoms with E-state index in [1.165, 1.54) is 12.1 Å². The van der Waals surface area contributed by atoms with E-state index in [9.17, 15) is 18.8 Å². The summed E-state index contributed by atoms with van der Waals surface area (Å²) in [6.07, 6.45) is 4.06. The van der Waals surface area contributed by atoms with Gasteiger partial charge >= 0.3 is 12.2 Å². The van der Waals surface area contributed by atoms with Crippen LogP contribution < -0.4 is 11.1 Å². The molecule has 0 radical (unpaired) electrons. The van der Waals surface area contributed by atoms with Gasteiger partial charge in [-0.15, -0.1) is 12.4 Å². The zero-order valence-electron chi connectivity index (χ0n) is 26.6. The molecule has 0 saturated carbocycles. The second kappa shape index (κ2) is 16.0. The molecule has 3 N–H and O–H groups in total. The van der Waals surface area contributed by atoms with Crippen molar-refractivity contribution in [2.45, 2.75) is 90.5 Å². The number of benzene rings is 1. The Labute approximate surface area is 266 Å². The van der Waals surface area contributed by atoms with Gasteiger partial charge in [-0.05, 0) is 91.5 Å². The summed E-state index contributed by atoms with van der Waals surface area (Å²) in [4.78, 5) is 44.3. The van der Waals surface area contributed by atoms with E-state index in [0.29, 0.717) is 42.8 Å². The SMILES string of the molecule is CC(C)(C)OC(=O)N1CCC(N)CC1.CC(C)(C)OC(=O)N1CCC(NC(=O)c2cccnc2-c2cccc(F)c2)CC1.Cl. The van der Waals surface area contributed by atoms with Crippen LogP contribution in [0.2, 0.25) is 0 Å². The highest BCUT2D eigenvalue weighted by molar-refractivity contribution is 6.00. The fraction of sp³-hybridized carbons (Fsp3) is 0.562. The minimum atomic E-state index is -0.532. The van der Waals surface area contributed by atoms with Crippen molar-refractivity contribution in [3.05, 3.63) is 54.0 Å². The van der Waals surface area contributed by atoms with Crippen molar-refractivity contribution in [2.24, 2.45) is 5.73 Å². The molecule has 2 aliphatic rings. The zero-order valence-corrected chi connectivity index (χ0v) is 27.4. The van der Waals surface area contributed by atoms with E-state index in [4.69, 9.17) is 15.2 Å². The summed E-state index contributed by atoms with van der Waals surface area (Å²) in [7, 11) is 0.